The molecule has 0 spiro atoms. The zero-order valence-electron chi connectivity index (χ0n) is 11.3. The zero-order valence-corrected chi connectivity index (χ0v) is 11.3. The molecule has 4 aliphatic carbocycles. The third-order valence-corrected chi connectivity index (χ3v) is 5.71. The van der Waals surface area contributed by atoms with Gasteiger partial charge in [0.1, 0.15) is 0 Å². The summed E-state index contributed by atoms with van der Waals surface area (Å²) in [5.74, 6) is 3.91. The van der Waals surface area contributed by atoms with E-state index in [-0.39, 0.29) is 0 Å². The molecule has 4 rings (SSSR count). The summed E-state index contributed by atoms with van der Waals surface area (Å²) in [5.41, 5.74) is 0.615. The van der Waals surface area contributed by atoms with E-state index in [0.717, 1.165) is 36.0 Å². The number of hydrogen-bond acceptors (Lipinski definition) is 1. The Balaban J connectivity index is 1.68. The van der Waals surface area contributed by atoms with Crippen LogP contribution in [-0.4, -0.2) is 11.1 Å². The molecular weight excluding hydrogens is 224 g/mol. The maximum Gasteiger partial charge on any atom is 0.331 e. The molecule has 4 aliphatic rings. The van der Waals surface area contributed by atoms with E-state index in [1.807, 2.05) is 13.0 Å². The van der Waals surface area contributed by atoms with E-state index in [2.05, 4.69) is 0 Å². The molecule has 0 aromatic carbocycles. The number of rotatable bonds is 4. The van der Waals surface area contributed by atoms with Gasteiger partial charge < -0.3 is 5.11 Å². The van der Waals surface area contributed by atoms with Crippen molar-refractivity contribution in [2.45, 2.75) is 51.9 Å². The molecule has 4 fully saturated rings. The van der Waals surface area contributed by atoms with Crippen LogP contribution in [0.25, 0.3) is 0 Å². The van der Waals surface area contributed by atoms with E-state index in [9.17, 15) is 4.79 Å². The highest BCUT2D eigenvalue weighted by molar-refractivity contribution is 5.86. The van der Waals surface area contributed by atoms with Gasteiger partial charge in [0, 0.05) is 5.57 Å². The Kier molecular flexibility index (Phi) is 3.21. The van der Waals surface area contributed by atoms with E-state index in [0.29, 0.717) is 12.0 Å². The smallest absolute Gasteiger partial charge is 0.331 e. The standard InChI is InChI=1S/C16H24O2/c1-2-12(16(17)18)3-4-15-13-6-10-5-11(8-13)9-14(15)7-10/h3,10-11,13-15H,2,4-9H2,1H3,(H,17,18). The molecule has 100 valence electrons. The Morgan fingerprint density at radius 3 is 2.11 bits per heavy atom. The minimum Gasteiger partial charge on any atom is -0.478 e. The van der Waals surface area contributed by atoms with Crippen LogP contribution in [0.4, 0.5) is 0 Å². The molecule has 0 unspecified atom stereocenters. The van der Waals surface area contributed by atoms with E-state index in [4.69, 9.17) is 5.11 Å². The lowest BCUT2D eigenvalue weighted by Crippen LogP contribution is -2.44. The maximum atomic E-state index is 11.0. The number of carboxylic acids is 1. The summed E-state index contributed by atoms with van der Waals surface area (Å²) in [4.78, 5) is 11.0. The average molecular weight is 248 g/mol. The Bertz CT molecular complexity index is 341. The molecule has 4 bridgehead atoms. The van der Waals surface area contributed by atoms with Crippen molar-refractivity contribution in [1.29, 1.82) is 0 Å². The minimum atomic E-state index is -0.721. The van der Waals surface area contributed by atoms with E-state index in [1.165, 1.54) is 32.1 Å². The van der Waals surface area contributed by atoms with Crippen molar-refractivity contribution in [3.63, 3.8) is 0 Å². The predicted molar refractivity (Wildman–Crippen MR) is 71.2 cm³/mol. The molecule has 4 saturated carbocycles. The monoisotopic (exact) mass is 248 g/mol. The van der Waals surface area contributed by atoms with E-state index in [1.54, 1.807) is 0 Å². The van der Waals surface area contributed by atoms with Crippen LogP contribution >= 0.6 is 0 Å². The second kappa shape index (κ2) is 4.71. The van der Waals surface area contributed by atoms with Crippen LogP contribution in [0, 0.1) is 29.6 Å². The Morgan fingerprint density at radius 2 is 1.67 bits per heavy atom. The number of aliphatic carboxylic acids is 1. The molecular formula is C16H24O2. The molecule has 0 aromatic rings. The molecule has 0 atom stereocenters. The lowest BCUT2D eigenvalue weighted by atomic mass is 9.51. The minimum absolute atomic E-state index is 0.615. The van der Waals surface area contributed by atoms with Gasteiger partial charge in [0.15, 0.2) is 0 Å². The topological polar surface area (TPSA) is 37.3 Å². The summed E-state index contributed by atoms with van der Waals surface area (Å²) in [5, 5.41) is 9.09. The third-order valence-electron chi connectivity index (χ3n) is 5.71. The summed E-state index contributed by atoms with van der Waals surface area (Å²) in [6, 6.07) is 0. The second-order valence-electron chi connectivity index (χ2n) is 6.72. The number of hydrogen-bond donors (Lipinski definition) is 1. The molecule has 2 nitrogen and oxygen atoms in total. The van der Waals surface area contributed by atoms with Crippen molar-refractivity contribution < 1.29 is 9.90 Å². The second-order valence-corrected chi connectivity index (χ2v) is 6.72. The van der Waals surface area contributed by atoms with E-state index >= 15 is 0 Å². The predicted octanol–water partition coefficient (Wildman–Crippen LogP) is 3.87. The van der Waals surface area contributed by atoms with Gasteiger partial charge in [0.25, 0.3) is 0 Å². The van der Waals surface area contributed by atoms with Crippen molar-refractivity contribution >= 4 is 5.97 Å². The van der Waals surface area contributed by atoms with Gasteiger partial charge in [0.05, 0.1) is 0 Å². The van der Waals surface area contributed by atoms with Gasteiger partial charge in [-0.15, -0.1) is 0 Å². The lowest BCUT2D eigenvalue weighted by molar-refractivity contribution is -0.132. The first kappa shape index (κ1) is 12.3. The fourth-order valence-corrected chi connectivity index (χ4v) is 5.08. The maximum absolute atomic E-state index is 11.0. The highest BCUT2D eigenvalue weighted by Gasteiger charge is 2.47. The SMILES string of the molecule is CCC(=CCC1C2CC3CC(C2)CC1C3)C(=O)O. The van der Waals surface area contributed by atoms with Gasteiger partial charge in [-0.3, -0.25) is 0 Å². The Morgan fingerprint density at radius 1 is 1.11 bits per heavy atom. The van der Waals surface area contributed by atoms with Gasteiger partial charge in [-0.2, -0.15) is 0 Å². The average Bonchev–Trinajstić information content (AvgIpc) is 2.31. The number of carbonyl (C=O) groups is 1. The van der Waals surface area contributed by atoms with Crippen LogP contribution in [0.3, 0.4) is 0 Å². The fraction of sp³-hybridized carbons (Fsp3) is 0.812. The number of carboxylic acid groups (broad SMARTS) is 1. The Hall–Kier alpha value is -0.790. The lowest BCUT2D eigenvalue weighted by Gasteiger charge is -2.54. The van der Waals surface area contributed by atoms with Crippen molar-refractivity contribution in [2.75, 3.05) is 0 Å². The van der Waals surface area contributed by atoms with Crippen molar-refractivity contribution in [1.82, 2.24) is 0 Å². The van der Waals surface area contributed by atoms with Crippen LogP contribution < -0.4 is 0 Å². The van der Waals surface area contributed by atoms with Gasteiger partial charge in [-0.25, -0.2) is 4.79 Å². The fourth-order valence-electron chi connectivity index (χ4n) is 5.08. The third kappa shape index (κ3) is 2.10. The molecule has 0 saturated heterocycles. The first-order valence-electron chi connectivity index (χ1n) is 7.59. The molecule has 0 aromatic heterocycles. The molecule has 2 heteroatoms. The molecule has 0 aliphatic heterocycles. The van der Waals surface area contributed by atoms with Crippen LogP contribution in [0.15, 0.2) is 11.6 Å². The van der Waals surface area contributed by atoms with Crippen molar-refractivity contribution in [2.24, 2.45) is 29.6 Å². The summed E-state index contributed by atoms with van der Waals surface area (Å²) < 4.78 is 0. The quantitative estimate of drug-likeness (QED) is 0.767. The highest BCUT2D eigenvalue weighted by Crippen LogP contribution is 2.57. The van der Waals surface area contributed by atoms with Gasteiger partial charge in [0.2, 0.25) is 0 Å². The molecule has 18 heavy (non-hydrogen) atoms. The van der Waals surface area contributed by atoms with Crippen LogP contribution in [-0.2, 0) is 4.79 Å². The van der Waals surface area contributed by atoms with Crippen molar-refractivity contribution in [3.8, 4) is 0 Å². The molecule has 1 N–H and O–H groups in total. The molecule has 0 heterocycles. The van der Waals surface area contributed by atoms with Gasteiger partial charge in [-0.1, -0.05) is 13.0 Å². The summed E-state index contributed by atoms with van der Waals surface area (Å²) in [6.07, 6.45) is 10.9. The Labute approximate surface area is 109 Å². The van der Waals surface area contributed by atoms with Crippen LogP contribution in [0.1, 0.15) is 51.9 Å². The van der Waals surface area contributed by atoms with Crippen molar-refractivity contribution in [3.05, 3.63) is 11.6 Å². The van der Waals surface area contributed by atoms with Crippen LogP contribution in [0.5, 0.6) is 0 Å². The molecule has 0 amide bonds. The first-order chi connectivity index (χ1) is 8.67. The van der Waals surface area contributed by atoms with Gasteiger partial charge >= 0.3 is 5.97 Å². The normalized spacial score (nSPS) is 42.3. The number of allylic oxidation sites excluding steroid dienone is 1. The van der Waals surface area contributed by atoms with E-state index < -0.39 is 5.97 Å². The summed E-state index contributed by atoms with van der Waals surface area (Å²) >= 11 is 0. The largest absolute Gasteiger partial charge is 0.478 e. The summed E-state index contributed by atoms with van der Waals surface area (Å²) in [7, 11) is 0. The van der Waals surface area contributed by atoms with Crippen LogP contribution in [0.2, 0.25) is 0 Å². The zero-order chi connectivity index (χ0) is 12.7. The van der Waals surface area contributed by atoms with Gasteiger partial charge in [-0.05, 0) is 74.5 Å². The molecule has 0 radical (unpaired) electrons. The highest BCUT2D eigenvalue weighted by atomic mass is 16.4. The first-order valence-corrected chi connectivity index (χ1v) is 7.59. The summed E-state index contributed by atoms with van der Waals surface area (Å²) in [6.45, 7) is 1.94.